The molecule has 0 aliphatic carbocycles. The van der Waals surface area contributed by atoms with E-state index in [0.717, 1.165) is 6.42 Å². The zero-order chi connectivity index (χ0) is 9.40. The highest BCUT2D eigenvalue weighted by molar-refractivity contribution is 5.85. The van der Waals surface area contributed by atoms with Gasteiger partial charge in [-0.2, -0.15) is 0 Å². The van der Waals surface area contributed by atoms with Crippen molar-refractivity contribution in [2.75, 3.05) is 13.2 Å². The molecule has 0 aromatic rings. The van der Waals surface area contributed by atoms with Gasteiger partial charge in [-0.1, -0.05) is 6.08 Å². The molecule has 0 aromatic heterocycles. The molecule has 0 heterocycles. The summed E-state index contributed by atoms with van der Waals surface area (Å²) < 4.78 is 5.08. The first-order chi connectivity index (χ1) is 5.68. The van der Waals surface area contributed by atoms with Gasteiger partial charge < -0.3 is 9.84 Å². The Morgan fingerprint density at radius 2 is 2.33 bits per heavy atom. The van der Waals surface area contributed by atoms with E-state index in [2.05, 4.69) is 6.58 Å². The molecule has 0 fully saturated rings. The largest absolute Gasteiger partial charge is 0.478 e. The number of carbonyl (C=O) groups is 1. The molecule has 0 spiro atoms. The normalized spacial score (nSPS) is 11.2. The molecule has 0 rings (SSSR count). The van der Waals surface area contributed by atoms with Crippen LogP contribution in [0.4, 0.5) is 0 Å². The molecule has 0 radical (unpaired) electrons. The number of hydrogen-bond acceptors (Lipinski definition) is 2. The molecule has 0 unspecified atom stereocenters. The van der Waals surface area contributed by atoms with E-state index < -0.39 is 5.97 Å². The van der Waals surface area contributed by atoms with E-state index in [1.54, 1.807) is 19.1 Å². The van der Waals surface area contributed by atoms with Crippen LogP contribution in [-0.4, -0.2) is 24.3 Å². The smallest absolute Gasteiger partial charge is 0.331 e. The fraction of sp³-hybridized carbons (Fsp3) is 0.444. The molecule has 0 saturated heterocycles. The van der Waals surface area contributed by atoms with E-state index >= 15 is 0 Å². The molecular weight excluding hydrogens is 156 g/mol. The lowest BCUT2D eigenvalue weighted by atomic mass is 10.3. The van der Waals surface area contributed by atoms with Crippen molar-refractivity contribution < 1.29 is 14.6 Å². The topological polar surface area (TPSA) is 46.5 Å². The summed E-state index contributed by atoms with van der Waals surface area (Å²) in [6.07, 6.45) is 4.10. The Hall–Kier alpha value is -1.09. The lowest BCUT2D eigenvalue weighted by Crippen LogP contribution is -1.99. The van der Waals surface area contributed by atoms with Gasteiger partial charge in [0.2, 0.25) is 0 Å². The van der Waals surface area contributed by atoms with Gasteiger partial charge in [-0.3, -0.25) is 0 Å². The highest BCUT2D eigenvalue weighted by Gasteiger charge is 1.96. The first-order valence-corrected chi connectivity index (χ1v) is 3.77. The predicted molar refractivity (Wildman–Crippen MR) is 47.0 cm³/mol. The molecular formula is C9H14O3. The summed E-state index contributed by atoms with van der Waals surface area (Å²) in [5.74, 6) is -0.901. The second-order valence-electron chi connectivity index (χ2n) is 2.34. The van der Waals surface area contributed by atoms with Crippen molar-refractivity contribution in [3.63, 3.8) is 0 Å². The minimum absolute atomic E-state index is 0.314. The first kappa shape index (κ1) is 10.9. The van der Waals surface area contributed by atoms with Gasteiger partial charge in [0.05, 0.1) is 13.2 Å². The standard InChI is InChI=1S/C9H14O3/c1-3-4-6-12-7-5-8(2)9(10)11/h3,5H,1,4,6-7H2,2H3,(H,10,11). The van der Waals surface area contributed by atoms with E-state index in [9.17, 15) is 4.79 Å². The second-order valence-corrected chi connectivity index (χ2v) is 2.34. The third-order valence-electron chi connectivity index (χ3n) is 1.31. The Labute approximate surface area is 72.3 Å². The van der Waals surface area contributed by atoms with Crippen LogP contribution in [-0.2, 0) is 9.53 Å². The Kier molecular flexibility index (Phi) is 6.01. The number of carboxylic acid groups (broad SMARTS) is 1. The van der Waals surface area contributed by atoms with Gasteiger partial charge in [0.15, 0.2) is 0 Å². The lowest BCUT2D eigenvalue weighted by molar-refractivity contribution is -0.132. The van der Waals surface area contributed by atoms with Gasteiger partial charge in [0.1, 0.15) is 0 Å². The van der Waals surface area contributed by atoms with Gasteiger partial charge in [0.25, 0.3) is 0 Å². The van der Waals surface area contributed by atoms with Gasteiger partial charge in [-0.25, -0.2) is 4.79 Å². The molecule has 0 amide bonds. The van der Waals surface area contributed by atoms with Gasteiger partial charge in [-0.15, -0.1) is 6.58 Å². The molecule has 68 valence electrons. The zero-order valence-electron chi connectivity index (χ0n) is 7.25. The highest BCUT2D eigenvalue weighted by atomic mass is 16.5. The third-order valence-corrected chi connectivity index (χ3v) is 1.31. The van der Waals surface area contributed by atoms with Crippen molar-refractivity contribution in [2.24, 2.45) is 0 Å². The zero-order valence-corrected chi connectivity index (χ0v) is 7.25. The van der Waals surface area contributed by atoms with Crippen LogP contribution in [0.25, 0.3) is 0 Å². The van der Waals surface area contributed by atoms with Crippen molar-refractivity contribution in [3.05, 3.63) is 24.3 Å². The first-order valence-electron chi connectivity index (χ1n) is 3.77. The maximum atomic E-state index is 10.3. The van der Waals surface area contributed by atoms with Gasteiger partial charge in [0, 0.05) is 5.57 Å². The minimum Gasteiger partial charge on any atom is -0.478 e. The number of hydrogen-bond donors (Lipinski definition) is 1. The van der Waals surface area contributed by atoms with Gasteiger partial charge >= 0.3 is 5.97 Å². The molecule has 1 N–H and O–H groups in total. The van der Waals surface area contributed by atoms with E-state index in [1.807, 2.05) is 0 Å². The highest BCUT2D eigenvalue weighted by Crippen LogP contribution is 1.92. The second kappa shape index (κ2) is 6.61. The maximum absolute atomic E-state index is 10.3. The maximum Gasteiger partial charge on any atom is 0.331 e. The van der Waals surface area contributed by atoms with Crippen molar-refractivity contribution in [1.29, 1.82) is 0 Å². The van der Waals surface area contributed by atoms with Crippen molar-refractivity contribution in [1.82, 2.24) is 0 Å². The molecule has 0 atom stereocenters. The molecule has 0 saturated carbocycles. The molecule has 0 aliphatic rings. The SMILES string of the molecule is C=CCCOCC=C(C)C(=O)O. The molecule has 3 heteroatoms. The predicted octanol–water partition coefficient (Wildman–Crippen LogP) is 1.61. The molecule has 0 aliphatic heterocycles. The average molecular weight is 170 g/mol. The summed E-state index contributed by atoms with van der Waals surface area (Å²) in [7, 11) is 0. The summed E-state index contributed by atoms with van der Waals surface area (Å²) in [5.41, 5.74) is 0.314. The number of aliphatic carboxylic acids is 1. The number of carboxylic acids is 1. The van der Waals surface area contributed by atoms with Crippen LogP contribution in [0.3, 0.4) is 0 Å². The Morgan fingerprint density at radius 3 is 2.83 bits per heavy atom. The molecule has 12 heavy (non-hydrogen) atoms. The molecule has 0 bridgehead atoms. The minimum atomic E-state index is -0.901. The third kappa shape index (κ3) is 5.68. The van der Waals surface area contributed by atoms with Gasteiger partial charge in [-0.05, 0) is 19.4 Å². The van der Waals surface area contributed by atoms with E-state index in [-0.39, 0.29) is 0 Å². The van der Waals surface area contributed by atoms with Crippen LogP contribution in [0.5, 0.6) is 0 Å². The van der Waals surface area contributed by atoms with Crippen LogP contribution in [0.1, 0.15) is 13.3 Å². The average Bonchev–Trinajstić information content (AvgIpc) is 2.03. The van der Waals surface area contributed by atoms with Crippen LogP contribution >= 0.6 is 0 Å². The summed E-state index contributed by atoms with van der Waals surface area (Å²) in [6.45, 7) is 6.02. The Bertz CT molecular complexity index is 182. The van der Waals surface area contributed by atoms with E-state index in [0.29, 0.717) is 18.8 Å². The Balaban J connectivity index is 3.46. The van der Waals surface area contributed by atoms with Crippen molar-refractivity contribution in [2.45, 2.75) is 13.3 Å². The lowest BCUT2D eigenvalue weighted by Gasteiger charge is -1.97. The van der Waals surface area contributed by atoms with Crippen molar-refractivity contribution >= 4 is 5.97 Å². The summed E-state index contributed by atoms with van der Waals surface area (Å²) in [5, 5.41) is 8.44. The fourth-order valence-corrected chi connectivity index (χ4v) is 0.521. The van der Waals surface area contributed by atoms with E-state index in [1.165, 1.54) is 0 Å². The van der Waals surface area contributed by atoms with Crippen LogP contribution in [0, 0.1) is 0 Å². The van der Waals surface area contributed by atoms with E-state index in [4.69, 9.17) is 9.84 Å². The monoisotopic (exact) mass is 170 g/mol. The van der Waals surface area contributed by atoms with Crippen LogP contribution in [0.2, 0.25) is 0 Å². The summed E-state index contributed by atoms with van der Waals surface area (Å²) in [4.78, 5) is 10.3. The van der Waals surface area contributed by atoms with Crippen LogP contribution in [0.15, 0.2) is 24.3 Å². The number of ether oxygens (including phenoxy) is 1. The molecule has 3 nitrogen and oxygen atoms in total. The number of rotatable bonds is 6. The Morgan fingerprint density at radius 1 is 1.67 bits per heavy atom. The van der Waals surface area contributed by atoms with Crippen LogP contribution < -0.4 is 0 Å². The summed E-state index contributed by atoms with van der Waals surface area (Å²) >= 11 is 0. The van der Waals surface area contributed by atoms with Crippen molar-refractivity contribution in [3.8, 4) is 0 Å². The molecule has 0 aromatic carbocycles. The fourth-order valence-electron chi connectivity index (χ4n) is 0.521. The summed E-state index contributed by atoms with van der Waals surface area (Å²) in [6, 6.07) is 0. The quantitative estimate of drug-likeness (QED) is 0.374.